The molecule has 0 spiro atoms. The molecule has 5 heterocycles. The van der Waals surface area contributed by atoms with Gasteiger partial charge >= 0.3 is 0 Å². The van der Waals surface area contributed by atoms with Gasteiger partial charge in [0.15, 0.2) is 0 Å². The predicted octanol–water partition coefficient (Wildman–Crippen LogP) is 0.0510. The van der Waals surface area contributed by atoms with Crippen LogP contribution in [0, 0.1) is 0 Å². The molecule has 3 aromatic heterocycles. The quantitative estimate of drug-likeness (QED) is 0.521. The molecule has 0 aromatic carbocycles. The Labute approximate surface area is 186 Å². The summed E-state index contributed by atoms with van der Waals surface area (Å²) in [5.74, 6) is 0.959. The molecule has 2 aliphatic heterocycles. The van der Waals surface area contributed by atoms with E-state index in [2.05, 4.69) is 20.5 Å². The van der Waals surface area contributed by atoms with E-state index >= 15 is 0 Å². The Morgan fingerprint density at radius 2 is 2.00 bits per heavy atom. The molecular formula is C23H29N6O3+. The number of pyridine rings is 2. The maximum absolute atomic E-state index is 13.2. The van der Waals surface area contributed by atoms with Crippen LogP contribution < -0.4 is 15.5 Å². The fourth-order valence-corrected chi connectivity index (χ4v) is 4.48. The van der Waals surface area contributed by atoms with Crippen molar-refractivity contribution in [1.29, 1.82) is 0 Å². The first-order valence-corrected chi connectivity index (χ1v) is 11.2. The maximum Gasteiger partial charge on any atom is 0.288 e. The number of aliphatic hydroxyl groups excluding tert-OH is 1. The van der Waals surface area contributed by atoms with Crippen LogP contribution in [0.15, 0.2) is 42.7 Å². The van der Waals surface area contributed by atoms with E-state index in [1.54, 1.807) is 4.40 Å². The standard InChI is InChI=1S/C23H28N6O3/c30-16-23(6-13-32-14-7-23)27-22(31)21-26-20(18-3-1-2-10-29(18)21)17-4-5-19(25-15-17)28-11-8-24-9-12-28/h1-5,10,15,24,30H,6-9,11-14,16H2,(H,27,31)/p+1. The summed E-state index contributed by atoms with van der Waals surface area (Å²) in [7, 11) is 0. The van der Waals surface area contributed by atoms with Gasteiger partial charge in [-0.25, -0.2) is 9.97 Å². The van der Waals surface area contributed by atoms with E-state index in [0.717, 1.165) is 43.1 Å². The Morgan fingerprint density at radius 3 is 2.72 bits per heavy atom. The fraction of sp³-hybridized carbons (Fsp3) is 0.435. The SMILES string of the molecule is O=C(NC1(CO)CCOCC1)c1nc(-c2ccc(N3CC[NH2+]CC3)nc2)c2ccccn12. The lowest BCUT2D eigenvalue weighted by Crippen LogP contribution is -2.89. The number of nitrogens with one attached hydrogen (secondary N) is 1. The van der Waals surface area contributed by atoms with Crippen molar-refractivity contribution in [2.75, 3.05) is 50.9 Å². The molecule has 0 bridgehead atoms. The minimum absolute atomic E-state index is 0.127. The van der Waals surface area contributed by atoms with Gasteiger partial charge in [0.2, 0.25) is 5.82 Å². The molecule has 0 unspecified atom stereocenters. The van der Waals surface area contributed by atoms with Crippen molar-refractivity contribution in [3.8, 4) is 11.3 Å². The molecular weight excluding hydrogens is 408 g/mol. The zero-order valence-corrected chi connectivity index (χ0v) is 18.0. The van der Waals surface area contributed by atoms with Crippen LogP contribution in [-0.4, -0.2) is 76.9 Å². The highest BCUT2D eigenvalue weighted by Gasteiger charge is 2.35. The fourth-order valence-electron chi connectivity index (χ4n) is 4.48. The largest absolute Gasteiger partial charge is 0.394 e. The summed E-state index contributed by atoms with van der Waals surface area (Å²) >= 11 is 0. The molecule has 5 rings (SSSR count). The lowest BCUT2D eigenvalue weighted by molar-refractivity contribution is -0.655. The molecule has 3 aromatic rings. The number of carbonyl (C=O) groups excluding carboxylic acids is 1. The number of aromatic nitrogens is 3. The van der Waals surface area contributed by atoms with Gasteiger partial charge in [0, 0.05) is 31.2 Å². The number of amides is 1. The van der Waals surface area contributed by atoms with E-state index in [-0.39, 0.29) is 12.5 Å². The number of hydrogen-bond donors (Lipinski definition) is 3. The molecule has 1 amide bonds. The highest BCUT2D eigenvalue weighted by molar-refractivity contribution is 5.95. The second kappa shape index (κ2) is 8.85. The molecule has 0 atom stereocenters. The summed E-state index contributed by atoms with van der Waals surface area (Å²) < 4.78 is 7.20. The first kappa shape index (κ1) is 20.9. The summed E-state index contributed by atoms with van der Waals surface area (Å²) in [5, 5.41) is 15.3. The molecule has 2 aliphatic rings. The number of ether oxygens (including phenoxy) is 1. The third-order valence-corrected chi connectivity index (χ3v) is 6.43. The number of nitrogens with two attached hydrogens (primary N) is 1. The summed E-state index contributed by atoms with van der Waals surface area (Å²) in [5.41, 5.74) is 1.74. The summed E-state index contributed by atoms with van der Waals surface area (Å²) in [6.45, 7) is 5.04. The van der Waals surface area contributed by atoms with E-state index in [9.17, 15) is 9.90 Å². The zero-order valence-electron chi connectivity index (χ0n) is 18.0. The van der Waals surface area contributed by atoms with Crippen molar-refractivity contribution in [3.05, 3.63) is 48.5 Å². The number of carbonyl (C=O) groups is 1. The third-order valence-electron chi connectivity index (χ3n) is 6.43. The Bertz CT molecular complexity index is 1080. The first-order valence-electron chi connectivity index (χ1n) is 11.2. The average Bonchev–Trinajstić information content (AvgIpc) is 3.25. The van der Waals surface area contributed by atoms with Gasteiger partial charge < -0.3 is 25.4 Å². The molecule has 0 radical (unpaired) electrons. The Balaban J connectivity index is 1.45. The number of imidazole rings is 1. The highest BCUT2D eigenvalue weighted by Crippen LogP contribution is 2.27. The van der Waals surface area contributed by atoms with Crippen LogP contribution in [0.2, 0.25) is 0 Å². The van der Waals surface area contributed by atoms with E-state index in [1.807, 2.05) is 42.7 Å². The molecule has 9 heteroatoms. The molecule has 9 nitrogen and oxygen atoms in total. The van der Waals surface area contributed by atoms with E-state index in [0.29, 0.717) is 37.6 Å². The number of aliphatic hydroxyl groups is 1. The van der Waals surface area contributed by atoms with Crippen molar-refractivity contribution in [3.63, 3.8) is 0 Å². The van der Waals surface area contributed by atoms with Crippen LogP contribution in [0.4, 0.5) is 5.82 Å². The monoisotopic (exact) mass is 437 g/mol. The normalized spacial score (nSPS) is 18.6. The van der Waals surface area contributed by atoms with Gasteiger partial charge in [-0.05, 0) is 37.1 Å². The van der Waals surface area contributed by atoms with Crippen molar-refractivity contribution in [1.82, 2.24) is 19.7 Å². The van der Waals surface area contributed by atoms with Gasteiger partial charge in [-0.1, -0.05) is 6.07 Å². The molecule has 0 saturated carbocycles. The number of hydrogen-bond acceptors (Lipinski definition) is 6. The van der Waals surface area contributed by atoms with Crippen LogP contribution in [0.1, 0.15) is 23.5 Å². The lowest BCUT2D eigenvalue weighted by Gasteiger charge is -2.36. The molecule has 2 fully saturated rings. The minimum atomic E-state index is -0.675. The second-order valence-corrected chi connectivity index (χ2v) is 8.50. The van der Waals surface area contributed by atoms with Gasteiger partial charge in [-0.15, -0.1) is 0 Å². The molecule has 32 heavy (non-hydrogen) atoms. The van der Waals surface area contributed by atoms with Crippen LogP contribution >= 0.6 is 0 Å². The summed E-state index contributed by atoms with van der Waals surface area (Å²) in [4.78, 5) is 24.9. The van der Waals surface area contributed by atoms with Gasteiger partial charge in [-0.3, -0.25) is 9.20 Å². The molecule has 168 valence electrons. The topological polar surface area (TPSA) is 109 Å². The summed E-state index contributed by atoms with van der Waals surface area (Å²) in [6, 6.07) is 9.80. The summed E-state index contributed by atoms with van der Waals surface area (Å²) in [6.07, 6.45) is 4.82. The van der Waals surface area contributed by atoms with Gasteiger partial charge in [0.25, 0.3) is 5.91 Å². The maximum atomic E-state index is 13.2. The van der Waals surface area contributed by atoms with Gasteiger partial charge in [0.1, 0.15) is 5.82 Å². The number of nitrogens with zero attached hydrogens (tertiary/aromatic N) is 4. The van der Waals surface area contributed by atoms with Crippen molar-refractivity contribution in [2.45, 2.75) is 18.4 Å². The van der Waals surface area contributed by atoms with Crippen molar-refractivity contribution < 1.29 is 20.0 Å². The Hall–Kier alpha value is -3.01. The zero-order chi connectivity index (χ0) is 22.0. The number of rotatable bonds is 5. The van der Waals surface area contributed by atoms with Crippen LogP contribution in [-0.2, 0) is 4.74 Å². The second-order valence-electron chi connectivity index (χ2n) is 8.50. The van der Waals surface area contributed by atoms with Crippen molar-refractivity contribution >= 4 is 17.2 Å². The minimum Gasteiger partial charge on any atom is -0.394 e. The predicted molar refractivity (Wildman–Crippen MR) is 120 cm³/mol. The van der Waals surface area contributed by atoms with Crippen molar-refractivity contribution in [2.24, 2.45) is 0 Å². The van der Waals surface area contributed by atoms with Crippen LogP contribution in [0.3, 0.4) is 0 Å². The van der Waals surface area contributed by atoms with Crippen LogP contribution in [0.25, 0.3) is 16.8 Å². The number of quaternary nitrogens is 1. The Kier molecular flexibility index (Phi) is 5.77. The van der Waals surface area contributed by atoms with E-state index in [1.165, 1.54) is 0 Å². The third kappa shape index (κ3) is 3.94. The van der Waals surface area contributed by atoms with Gasteiger partial charge in [0.05, 0.1) is 49.5 Å². The smallest absolute Gasteiger partial charge is 0.288 e. The lowest BCUT2D eigenvalue weighted by atomic mass is 9.91. The van der Waals surface area contributed by atoms with E-state index in [4.69, 9.17) is 9.72 Å². The average molecular weight is 438 g/mol. The highest BCUT2D eigenvalue weighted by atomic mass is 16.5. The molecule has 0 aliphatic carbocycles. The molecule has 2 saturated heterocycles. The van der Waals surface area contributed by atoms with Gasteiger partial charge in [-0.2, -0.15) is 0 Å². The number of fused-ring (bicyclic) bond motifs is 1. The van der Waals surface area contributed by atoms with E-state index < -0.39 is 5.54 Å². The molecule has 4 N–H and O–H groups in total. The number of anilines is 1. The Morgan fingerprint density at radius 1 is 1.19 bits per heavy atom. The number of piperazine rings is 1. The van der Waals surface area contributed by atoms with Crippen LogP contribution in [0.5, 0.6) is 0 Å². The first-order chi connectivity index (χ1) is 15.7.